The maximum atomic E-state index is 3.65. The molecule has 0 aromatic heterocycles. The van der Waals surface area contributed by atoms with E-state index >= 15 is 0 Å². The Morgan fingerprint density at radius 3 is 2.55 bits per heavy atom. The Kier molecular flexibility index (Phi) is 2.75. The smallest absolute Gasteiger partial charge is 0.0285 e. The van der Waals surface area contributed by atoms with E-state index in [1.54, 1.807) is 0 Å². The van der Waals surface area contributed by atoms with Crippen LogP contribution in [0.1, 0.15) is 22.6 Å². The van der Waals surface area contributed by atoms with Gasteiger partial charge in [-0.25, -0.2) is 0 Å². The summed E-state index contributed by atoms with van der Waals surface area (Å²) in [4.78, 5) is 0. The van der Waals surface area contributed by atoms with Gasteiger partial charge in [-0.2, -0.15) is 0 Å². The van der Waals surface area contributed by atoms with Gasteiger partial charge in [-0.15, -0.1) is 0 Å². The Bertz CT molecular complexity index is 830. The average Bonchev–Trinajstić information content (AvgIpc) is 2.90. The van der Waals surface area contributed by atoms with Crippen molar-refractivity contribution in [1.82, 2.24) is 0 Å². The first-order valence-electron chi connectivity index (χ1n) is 6.78. The maximum absolute atomic E-state index is 3.65. The van der Waals surface area contributed by atoms with Crippen LogP contribution in [0.4, 0.5) is 0 Å². The summed E-state index contributed by atoms with van der Waals surface area (Å²) in [6, 6.07) is 21.7. The van der Waals surface area contributed by atoms with Crippen molar-refractivity contribution in [3.8, 4) is 0 Å². The molecule has 4 rings (SSSR count). The van der Waals surface area contributed by atoms with E-state index in [0.717, 1.165) is 4.47 Å². The zero-order valence-corrected chi connectivity index (χ0v) is 12.5. The van der Waals surface area contributed by atoms with Crippen LogP contribution in [0.2, 0.25) is 0 Å². The van der Waals surface area contributed by atoms with Gasteiger partial charge in [-0.05, 0) is 39.6 Å². The van der Waals surface area contributed by atoms with E-state index in [4.69, 9.17) is 0 Å². The second kappa shape index (κ2) is 4.60. The molecule has 0 heterocycles. The zero-order valence-electron chi connectivity index (χ0n) is 10.9. The van der Waals surface area contributed by atoms with Crippen LogP contribution in [0, 0.1) is 0 Å². The van der Waals surface area contributed by atoms with Gasteiger partial charge in [0.05, 0.1) is 0 Å². The van der Waals surface area contributed by atoms with E-state index in [1.807, 2.05) is 0 Å². The second-order valence-corrected chi connectivity index (χ2v) is 6.10. The van der Waals surface area contributed by atoms with Crippen molar-refractivity contribution in [3.63, 3.8) is 0 Å². The van der Waals surface area contributed by atoms with E-state index < -0.39 is 0 Å². The lowest BCUT2D eigenvalue weighted by Gasteiger charge is -2.15. The SMILES string of the molecule is Brc1cc(C2C=Cc3ccccc32)c2ccccc2c1. The third kappa shape index (κ3) is 1.82. The van der Waals surface area contributed by atoms with Gasteiger partial charge in [-0.3, -0.25) is 0 Å². The molecule has 0 saturated heterocycles. The first-order valence-corrected chi connectivity index (χ1v) is 7.57. The lowest BCUT2D eigenvalue weighted by atomic mass is 9.89. The molecule has 1 unspecified atom stereocenters. The summed E-state index contributed by atoms with van der Waals surface area (Å²) in [5.41, 5.74) is 4.11. The fraction of sp³-hybridized carbons (Fsp3) is 0.0526. The highest BCUT2D eigenvalue weighted by molar-refractivity contribution is 9.10. The van der Waals surface area contributed by atoms with Crippen LogP contribution in [0.3, 0.4) is 0 Å². The van der Waals surface area contributed by atoms with E-state index in [1.165, 1.54) is 27.5 Å². The number of benzene rings is 3. The Morgan fingerprint density at radius 2 is 1.60 bits per heavy atom. The second-order valence-electron chi connectivity index (χ2n) is 5.18. The van der Waals surface area contributed by atoms with Gasteiger partial charge in [0.15, 0.2) is 0 Å². The summed E-state index contributed by atoms with van der Waals surface area (Å²) < 4.78 is 1.14. The summed E-state index contributed by atoms with van der Waals surface area (Å²) in [7, 11) is 0. The van der Waals surface area contributed by atoms with Crippen LogP contribution < -0.4 is 0 Å². The molecule has 0 radical (unpaired) electrons. The molecule has 1 heteroatoms. The molecule has 1 aliphatic rings. The molecular weight excluding hydrogens is 308 g/mol. The normalized spacial score (nSPS) is 16.6. The van der Waals surface area contributed by atoms with Gasteiger partial charge in [-0.1, -0.05) is 76.6 Å². The van der Waals surface area contributed by atoms with E-state index in [2.05, 4.69) is 88.7 Å². The Morgan fingerprint density at radius 1 is 0.800 bits per heavy atom. The standard InChI is InChI=1S/C19H13Br/c20-15-11-14-6-2-4-8-17(14)19(12-15)18-10-9-13-5-1-3-7-16(13)18/h1-12,18H. The molecular formula is C19H13Br. The molecule has 3 aromatic rings. The number of fused-ring (bicyclic) bond motifs is 2. The van der Waals surface area contributed by atoms with E-state index in [-0.39, 0.29) is 0 Å². The van der Waals surface area contributed by atoms with Gasteiger partial charge < -0.3 is 0 Å². The molecule has 0 nitrogen and oxygen atoms in total. The molecule has 0 aliphatic heterocycles. The van der Waals surface area contributed by atoms with Gasteiger partial charge in [0.1, 0.15) is 0 Å². The highest BCUT2D eigenvalue weighted by atomic mass is 79.9. The van der Waals surface area contributed by atoms with Crippen molar-refractivity contribution in [2.24, 2.45) is 0 Å². The van der Waals surface area contributed by atoms with Crippen molar-refractivity contribution in [3.05, 3.63) is 87.9 Å². The van der Waals surface area contributed by atoms with E-state index in [0.29, 0.717) is 5.92 Å². The van der Waals surface area contributed by atoms with Gasteiger partial charge in [0, 0.05) is 10.4 Å². The molecule has 96 valence electrons. The predicted octanol–water partition coefficient (Wildman–Crippen LogP) is 5.76. The number of allylic oxidation sites excluding steroid dienone is 1. The number of rotatable bonds is 1. The molecule has 20 heavy (non-hydrogen) atoms. The Labute approximate surface area is 126 Å². The van der Waals surface area contributed by atoms with Crippen molar-refractivity contribution >= 4 is 32.8 Å². The summed E-state index contributed by atoms with van der Waals surface area (Å²) >= 11 is 3.65. The molecule has 0 amide bonds. The summed E-state index contributed by atoms with van der Waals surface area (Å²) in [6.07, 6.45) is 4.54. The number of halogens is 1. The monoisotopic (exact) mass is 320 g/mol. The number of hydrogen-bond donors (Lipinski definition) is 0. The van der Waals surface area contributed by atoms with Crippen molar-refractivity contribution in [2.45, 2.75) is 5.92 Å². The average molecular weight is 321 g/mol. The fourth-order valence-electron chi connectivity index (χ4n) is 3.08. The third-order valence-electron chi connectivity index (χ3n) is 3.99. The van der Waals surface area contributed by atoms with E-state index in [9.17, 15) is 0 Å². The molecule has 0 bridgehead atoms. The zero-order chi connectivity index (χ0) is 13.5. The van der Waals surface area contributed by atoms with Gasteiger partial charge in [0.2, 0.25) is 0 Å². The van der Waals surface area contributed by atoms with Crippen molar-refractivity contribution in [2.75, 3.05) is 0 Å². The highest BCUT2D eigenvalue weighted by Crippen LogP contribution is 2.39. The fourth-order valence-corrected chi connectivity index (χ4v) is 3.57. The van der Waals surface area contributed by atoms with Crippen LogP contribution in [-0.4, -0.2) is 0 Å². The van der Waals surface area contributed by atoms with Crippen molar-refractivity contribution in [1.29, 1.82) is 0 Å². The minimum atomic E-state index is 0.355. The van der Waals surface area contributed by atoms with Gasteiger partial charge >= 0.3 is 0 Å². The van der Waals surface area contributed by atoms with Crippen molar-refractivity contribution < 1.29 is 0 Å². The molecule has 3 aromatic carbocycles. The summed E-state index contributed by atoms with van der Waals surface area (Å²) in [6.45, 7) is 0. The molecule has 0 fully saturated rings. The van der Waals surface area contributed by atoms with Crippen LogP contribution in [0.5, 0.6) is 0 Å². The molecule has 0 N–H and O–H groups in total. The van der Waals surface area contributed by atoms with Crippen LogP contribution >= 0.6 is 15.9 Å². The molecule has 0 saturated carbocycles. The van der Waals surface area contributed by atoms with Gasteiger partial charge in [0.25, 0.3) is 0 Å². The Hall–Kier alpha value is -1.86. The van der Waals surface area contributed by atoms with Crippen LogP contribution in [-0.2, 0) is 0 Å². The predicted molar refractivity (Wildman–Crippen MR) is 89.0 cm³/mol. The van der Waals surface area contributed by atoms with Crippen LogP contribution in [0.15, 0.2) is 71.2 Å². The minimum Gasteiger partial charge on any atom is -0.0720 e. The molecule has 1 aliphatic carbocycles. The first kappa shape index (κ1) is 11.9. The summed E-state index contributed by atoms with van der Waals surface area (Å²) in [5.74, 6) is 0.355. The Balaban J connectivity index is 1.98. The minimum absolute atomic E-state index is 0.355. The first-order chi connectivity index (χ1) is 9.83. The lowest BCUT2D eigenvalue weighted by molar-refractivity contribution is 1.06. The summed E-state index contributed by atoms with van der Waals surface area (Å²) in [5, 5.41) is 2.62. The highest BCUT2D eigenvalue weighted by Gasteiger charge is 2.20. The van der Waals surface area contributed by atoms with Crippen LogP contribution in [0.25, 0.3) is 16.8 Å². The number of hydrogen-bond acceptors (Lipinski definition) is 0. The third-order valence-corrected chi connectivity index (χ3v) is 4.45. The molecule has 0 spiro atoms. The molecule has 1 atom stereocenters. The quantitative estimate of drug-likeness (QED) is 0.534. The lowest BCUT2D eigenvalue weighted by Crippen LogP contribution is -1.97. The maximum Gasteiger partial charge on any atom is 0.0285 e. The largest absolute Gasteiger partial charge is 0.0720 e. The topological polar surface area (TPSA) is 0 Å².